The zero-order valence-corrected chi connectivity index (χ0v) is 23.2. The minimum absolute atomic E-state index is 0.0833. The summed E-state index contributed by atoms with van der Waals surface area (Å²) in [7, 11) is -3.44. The van der Waals surface area contributed by atoms with Gasteiger partial charge in [0.1, 0.15) is 0 Å². The van der Waals surface area contributed by atoms with Gasteiger partial charge in [-0.1, -0.05) is 53.7 Å². The van der Waals surface area contributed by atoms with Crippen molar-refractivity contribution in [2.24, 2.45) is 5.92 Å². The Morgan fingerprint density at radius 3 is 2.23 bits per heavy atom. The van der Waals surface area contributed by atoms with Gasteiger partial charge in [0, 0.05) is 12.0 Å². The molecule has 1 fully saturated rings. The van der Waals surface area contributed by atoms with E-state index in [2.05, 4.69) is 73.7 Å². The molecule has 0 spiro atoms. The van der Waals surface area contributed by atoms with Crippen molar-refractivity contribution in [2.75, 3.05) is 6.61 Å². The van der Waals surface area contributed by atoms with Gasteiger partial charge in [-0.05, 0) is 80.0 Å². The lowest BCUT2D eigenvalue weighted by Gasteiger charge is -2.43. The van der Waals surface area contributed by atoms with Crippen LogP contribution in [0.15, 0.2) is 23.3 Å². The van der Waals surface area contributed by atoms with Gasteiger partial charge < -0.3 is 14.0 Å². The molecular formula is C25H48O3Si2. The third-order valence-corrected chi connectivity index (χ3v) is 17.8. The quantitative estimate of drug-likeness (QED) is 0.376. The average molecular weight is 453 g/mol. The predicted molar refractivity (Wildman–Crippen MR) is 134 cm³/mol. The van der Waals surface area contributed by atoms with Crippen molar-refractivity contribution in [2.45, 2.75) is 122 Å². The molecule has 0 aromatic carbocycles. The van der Waals surface area contributed by atoms with Crippen LogP contribution in [0.25, 0.3) is 0 Å². The molecule has 0 unspecified atom stereocenters. The highest BCUT2D eigenvalue weighted by atomic mass is 28.4. The molecule has 0 aromatic heterocycles. The summed E-state index contributed by atoms with van der Waals surface area (Å²) in [6.45, 7) is 21.3. The summed E-state index contributed by atoms with van der Waals surface area (Å²) < 4.78 is 13.3. The van der Waals surface area contributed by atoms with Gasteiger partial charge in [0.2, 0.25) is 0 Å². The van der Waals surface area contributed by atoms with Gasteiger partial charge in [-0.3, -0.25) is 0 Å². The number of hydrogen-bond acceptors (Lipinski definition) is 3. The summed E-state index contributed by atoms with van der Waals surface area (Å²) in [6.07, 6.45) is 8.25. The number of aliphatic hydroxyl groups is 1. The SMILES string of the molecule is CC[Si](CC)(CC)OCC1=CC=C2CC[C@@H]([C@@H](C)O[Si](C)(C)C(C)(C)C)[C@@]2(O)CC1. The van der Waals surface area contributed by atoms with Crippen molar-refractivity contribution in [3.63, 3.8) is 0 Å². The second-order valence-corrected chi connectivity index (χ2v) is 20.7. The minimum Gasteiger partial charge on any atom is -0.414 e. The van der Waals surface area contributed by atoms with Crippen molar-refractivity contribution in [3.8, 4) is 0 Å². The van der Waals surface area contributed by atoms with Gasteiger partial charge >= 0.3 is 0 Å². The zero-order chi connectivity index (χ0) is 22.8. The van der Waals surface area contributed by atoms with E-state index >= 15 is 0 Å². The Morgan fingerprint density at radius 2 is 1.70 bits per heavy atom. The molecule has 174 valence electrons. The molecule has 2 aliphatic carbocycles. The first kappa shape index (κ1) is 26.0. The standard InChI is InChI=1S/C25H48O3Si2/c1-10-30(11-2,12-3)27-19-21-13-14-22-15-16-23(25(22,26)18-17-21)20(4)28-29(8,9)24(5,6)7/h13-14,20,23,26H,10-12,15-19H2,1-9H3/t20-,23+,25-/m1/s1. The summed E-state index contributed by atoms with van der Waals surface area (Å²) in [4.78, 5) is 0. The van der Waals surface area contributed by atoms with Gasteiger partial charge in [0.25, 0.3) is 0 Å². The molecule has 0 bridgehead atoms. The lowest BCUT2D eigenvalue weighted by molar-refractivity contribution is -0.0239. The smallest absolute Gasteiger partial charge is 0.192 e. The summed E-state index contributed by atoms with van der Waals surface area (Å²) in [5.41, 5.74) is 1.82. The van der Waals surface area contributed by atoms with E-state index < -0.39 is 22.2 Å². The largest absolute Gasteiger partial charge is 0.414 e. The Balaban J connectivity index is 2.08. The predicted octanol–water partition coefficient (Wildman–Crippen LogP) is 7.21. The zero-order valence-electron chi connectivity index (χ0n) is 21.2. The number of rotatable bonds is 9. The molecule has 0 heterocycles. The Morgan fingerprint density at radius 1 is 1.10 bits per heavy atom. The molecule has 0 radical (unpaired) electrons. The highest BCUT2D eigenvalue weighted by Gasteiger charge is 2.50. The van der Waals surface area contributed by atoms with Gasteiger partial charge in [0.05, 0.1) is 12.2 Å². The number of fused-ring (bicyclic) bond motifs is 1. The highest BCUT2D eigenvalue weighted by molar-refractivity contribution is 6.74. The van der Waals surface area contributed by atoms with Crippen molar-refractivity contribution in [1.82, 2.24) is 0 Å². The highest BCUT2D eigenvalue weighted by Crippen LogP contribution is 2.49. The summed E-state index contributed by atoms with van der Waals surface area (Å²) >= 11 is 0. The Labute approximate surface area is 188 Å². The van der Waals surface area contributed by atoms with Gasteiger partial charge in [0.15, 0.2) is 16.6 Å². The molecule has 5 heteroatoms. The van der Waals surface area contributed by atoms with E-state index in [4.69, 9.17) is 8.85 Å². The van der Waals surface area contributed by atoms with E-state index in [1.165, 1.54) is 29.3 Å². The molecule has 0 aliphatic heterocycles. The minimum atomic E-state index is -1.86. The topological polar surface area (TPSA) is 38.7 Å². The van der Waals surface area contributed by atoms with Crippen LogP contribution in [0.3, 0.4) is 0 Å². The molecule has 1 N–H and O–H groups in total. The third kappa shape index (κ3) is 5.40. The van der Waals surface area contributed by atoms with E-state index in [0.29, 0.717) is 0 Å². The molecule has 0 aromatic rings. The number of allylic oxidation sites excluding steroid dienone is 2. The van der Waals surface area contributed by atoms with Crippen molar-refractivity contribution in [3.05, 3.63) is 23.3 Å². The molecule has 2 rings (SSSR count). The Kier molecular flexibility index (Phi) is 8.46. The average Bonchev–Trinajstić information content (AvgIpc) is 2.91. The van der Waals surface area contributed by atoms with Crippen LogP contribution >= 0.6 is 0 Å². The first-order valence-corrected chi connectivity index (χ1v) is 17.7. The third-order valence-electron chi connectivity index (χ3n) is 8.59. The maximum Gasteiger partial charge on any atom is 0.192 e. The molecule has 1 saturated carbocycles. The van der Waals surface area contributed by atoms with Crippen LogP contribution in [-0.2, 0) is 8.85 Å². The van der Waals surface area contributed by atoms with Crippen molar-refractivity contribution >= 4 is 16.6 Å². The van der Waals surface area contributed by atoms with Crippen LogP contribution < -0.4 is 0 Å². The molecule has 3 atom stereocenters. The fourth-order valence-corrected chi connectivity index (χ4v) is 9.05. The summed E-state index contributed by atoms with van der Waals surface area (Å²) in [6, 6.07) is 3.55. The van der Waals surface area contributed by atoms with Crippen molar-refractivity contribution in [1.29, 1.82) is 0 Å². The van der Waals surface area contributed by atoms with Crippen LogP contribution in [0.4, 0.5) is 0 Å². The van der Waals surface area contributed by atoms with E-state index in [-0.39, 0.29) is 17.1 Å². The fourth-order valence-electron chi connectivity index (χ4n) is 5.00. The van der Waals surface area contributed by atoms with Crippen LogP contribution in [-0.4, -0.2) is 40.1 Å². The normalized spacial score (nSPS) is 26.7. The van der Waals surface area contributed by atoms with Crippen LogP contribution in [0.1, 0.15) is 74.1 Å². The summed E-state index contributed by atoms with van der Waals surface area (Å²) in [5, 5.41) is 12.0. The Hall–Kier alpha value is -0.206. The Bertz CT molecular complexity index is 635. The molecular weight excluding hydrogens is 404 g/mol. The van der Waals surface area contributed by atoms with Crippen molar-refractivity contribution < 1.29 is 14.0 Å². The van der Waals surface area contributed by atoms with Crippen LogP contribution in [0.5, 0.6) is 0 Å². The van der Waals surface area contributed by atoms with E-state index in [0.717, 1.165) is 32.3 Å². The van der Waals surface area contributed by atoms with E-state index in [9.17, 15) is 5.11 Å². The molecule has 2 aliphatic rings. The van der Waals surface area contributed by atoms with Gasteiger partial charge in [-0.15, -0.1) is 0 Å². The molecule has 3 nitrogen and oxygen atoms in total. The molecule has 0 saturated heterocycles. The van der Waals surface area contributed by atoms with E-state index in [1.54, 1.807) is 0 Å². The van der Waals surface area contributed by atoms with Crippen LogP contribution in [0.2, 0.25) is 36.3 Å². The lowest BCUT2D eigenvalue weighted by Crippen LogP contribution is -2.49. The van der Waals surface area contributed by atoms with Gasteiger partial charge in [-0.2, -0.15) is 0 Å². The van der Waals surface area contributed by atoms with E-state index in [1.807, 2.05) is 0 Å². The number of hydrogen-bond donors (Lipinski definition) is 1. The first-order valence-electron chi connectivity index (χ1n) is 12.3. The van der Waals surface area contributed by atoms with Gasteiger partial charge in [-0.25, -0.2) is 0 Å². The second kappa shape index (κ2) is 9.74. The van der Waals surface area contributed by atoms with Crippen LogP contribution in [0, 0.1) is 5.92 Å². The molecule has 0 amide bonds. The lowest BCUT2D eigenvalue weighted by atomic mass is 9.81. The maximum absolute atomic E-state index is 11.8. The second-order valence-electron chi connectivity index (χ2n) is 11.2. The fraction of sp³-hybridized carbons (Fsp3) is 0.840. The first-order chi connectivity index (χ1) is 13.8. The maximum atomic E-state index is 11.8. The summed E-state index contributed by atoms with van der Waals surface area (Å²) in [5.74, 6) is 0.182. The molecule has 30 heavy (non-hydrogen) atoms. The monoisotopic (exact) mass is 452 g/mol.